The van der Waals surface area contributed by atoms with Crippen molar-refractivity contribution in [3.8, 4) is 5.75 Å². The monoisotopic (exact) mass is 388 g/mol. The standard InChI is InChI=1S/C21H32N4O3/c1-15-6-7-16(12-18(15)27-5)8-9-22-19-23-13-17-14-24(10-11-25(17)19)20(26)28-21(2,3)4/h6-7,12,17H,8-11,13-14H2,1-5H3,(H,22,23). The average Bonchev–Trinajstić information content (AvgIpc) is 3.04. The van der Waals surface area contributed by atoms with Crippen molar-refractivity contribution in [2.75, 3.05) is 39.8 Å². The number of benzene rings is 1. The predicted octanol–water partition coefficient (Wildman–Crippen LogP) is 2.43. The maximum Gasteiger partial charge on any atom is 0.410 e. The third-order valence-electron chi connectivity index (χ3n) is 5.03. The van der Waals surface area contributed by atoms with Crippen LogP contribution in [0, 0.1) is 6.92 Å². The van der Waals surface area contributed by atoms with Crippen LogP contribution < -0.4 is 10.1 Å². The number of ether oxygens (including phenoxy) is 2. The van der Waals surface area contributed by atoms with Gasteiger partial charge in [-0.15, -0.1) is 0 Å². The molecule has 1 aromatic rings. The Bertz CT molecular complexity index is 742. The first-order valence-electron chi connectivity index (χ1n) is 9.93. The Morgan fingerprint density at radius 2 is 2.11 bits per heavy atom. The lowest BCUT2D eigenvalue weighted by Crippen LogP contribution is -2.57. The van der Waals surface area contributed by atoms with E-state index in [1.807, 2.05) is 27.7 Å². The Morgan fingerprint density at radius 1 is 1.32 bits per heavy atom. The smallest absolute Gasteiger partial charge is 0.410 e. The first kappa shape index (κ1) is 20.3. The van der Waals surface area contributed by atoms with Gasteiger partial charge in [-0.3, -0.25) is 4.99 Å². The van der Waals surface area contributed by atoms with Gasteiger partial charge in [0.1, 0.15) is 11.4 Å². The molecule has 0 aromatic heterocycles. The molecule has 154 valence electrons. The van der Waals surface area contributed by atoms with E-state index in [0.29, 0.717) is 19.6 Å². The molecule has 1 fully saturated rings. The SMILES string of the molecule is COc1cc(CCNC2=NCC3CN(C(=O)OC(C)(C)C)CCN23)ccc1C. The highest BCUT2D eigenvalue weighted by atomic mass is 16.6. The molecule has 0 radical (unpaired) electrons. The van der Waals surface area contributed by atoms with Crippen LogP contribution in [0.25, 0.3) is 0 Å². The summed E-state index contributed by atoms with van der Waals surface area (Å²) < 4.78 is 10.9. The van der Waals surface area contributed by atoms with E-state index in [9.17, 15) is 4.79 Å². The second-order valence-corrected chi connectivity index (χ2v) is 8.42. The van der Waals surface area contributed by atoms with Gasteiger partial charge in [-0.05, 0) is 51.3 Å². The summed E-state index contributed by atoms with van der Waals surface area (Å²) in [4.78, 5) is 21.0. The maximum atomic E-state index is 12.3. The summed E-state index contributed by atoms with van der Waals surface area (Å²) in [5.41, 5.74) is 1.91. The number of amides is 1. The molecule has 0 saturated carbocycles. The number of guanidine groups is 1. The molecule has 1 N–H and O–H groups in total. The van der Waals surface area contributed by atoms with Crippen molar-refractivity contribution in [3.05, 3.63) is 29.3 Å². The summed E-state index contributed by atoms with van der Waals surface area (Å²) in [6.07, 6.45) is 0.667. The zero-order valence-corrected chi connectivity index (χ0v) is 17.6. The molecular weight excluding hydrogens is 356 g/mol. The minimum Gasteiger partial charge on any atom is -0.496 e. The molecule has 0 aliphatic carbocycles. The van der Waals surface area contributed by atoms with Gasteiger partial charge in [0.25, 0.3) is 0 Å². The second kappa shape index (κ2) is 8.29. The van der Waals surface area contributed by atoms with Crippen LogP contribution in [0.4, 0.5) is 4.79 Å². The highest BCUT2D eigenvalue weighted by molar-refractivity contribution is 5.82. The van der Waals surface area contributed by atoms with Gasteiger partial charge in [0.15, 0.2) is 5.96 Å². The van der Waals surface area contributed by atoms with Crippen molar-refractivity contribution >= 4 is 12.1 Å². The number of aliphatic imine (C=N–C) groups is 1. The number of piperazine rings is 1. The first-order chi connectivity index (χ1) is 13.3. The van der Waals surface area contributed by atoms with E-state index in [1.165, 1.54) is 5.56 Å². The number of nitrogens with one attached hydrogen (secondary N) is 1. The number of aryl methyl sites for hydroxylation is 1. The molecule has 0 spiro atoms. The van der Waals surface area contributed by atoms with E-state index in [4.69, 9.17) is 9.47 Å². The average molecular weight is 389 g/mol. The molecule has 28 heavy (non-hydrogen) atoms. The van der Waals surface area contributed by atoms with Crippen LogP contribution in [-0.4, -0.2) is 73.3 Å². The molecule has 7 nitrogen and oxygen atoms in total. The molecule has 0 bridgehead atoms. The molecule has 3 rings (SSSR count). The maximum absolute atomic E-state index is 12.3. The summed E-state index contributed by atoms with van der Waals surface area (Å²) >= 11 is 0. The second-order valence-electron chi connectivity index (χ2n) is 8.42. The number of hydrogen-bond donors (Lipinski definition) is 1. The highest BCUT2D eigenvalue weighted by Gasteiger charge is 2.36. The summed E-state index contributed by atoms with van der Waals surface area (Å²) in [7, 11) is 1.70. The normalized spacial score (nSPS) is 19.2. The topological polar surface area (TPSA) is 66.4 Å². The fourth-order valence-electron chi connectivity index (χ4n) is 3.56. The molecule has 1 saturated heterocycles. The first-order valence-corrected chi connectivity index (χ1v) is 9.93. The van der Waals surface area contributed by atoms with Gasteiger partial charge in [-0.1, -0.05) is 12.1 Å². The Hall–Kier alpha value is -2.44. The van der Waals surface area contributed by atoms with Crippen molar-refractivity contribution in [3.63, 3.8) is 0 Å². The van der Waals surface area contributed by atoms with Crippen LogP contribution in [-0.2, 0) is 11.2 Å². The van der Waals surface area contributed by atoms with Gasteiger partial charge >= 0.3 is 6.09 Å². The number of nitrogens with zero attached hydrogens (tertiary/aromatic N) is 3. The van der Waals surface area contributed by atoms with E-state index >= 15 is 0 Å². The van der Waals surface area contributed by atoms with Crippen molar-refractivity contribution < 1.29 is 14.3 Å². The number of rotatable bonds is 4. The molecule has 1 unspecified atom stereocenters. The largest absolute Gasteiger partial charge is 0.496 e. The Morgan fingerprint density at radius 3 is 2.82 bits per heavy atom. The van der Waals surface area contributed by atoms with Crippen LogP contribution in [0.3, 0.4) is 0 Å². The fraction of sp³-hybridized carbons (Fsp3) is 0.619. The number of carbonyl (C=O) groups is 1. The van der Waals surface area contributed by atoms with Gasteiger partial charge in [-0.2, -0.15) is 0 Å². The third kappa shape index (κ3) is 4.88. The van der Waals surface area contributed by atoms with Crippen molar-refractivity contribution in [1.82, 2.24) is 15.1 Å². The summed E-state index contributed by atoms with van der Waals surface area (Å²) in [6.45, 7) is 11.3. The van der Waals surface area contributed by atoms with E-state index in [0.717, 1.165) is 36.8 Å². The summed E-state index contributed by atoms with van der Waals surface area (Å²) in [5, 5.41) is 3.46. The number of hydrogen-bond acceptors (Lipinski definition) is 6. The molecule has 1 atom stereocenters. The minimum atomic E-state index is -0.466. The summed E-state index contributed by atoms with van der Waals surface area (Å²) in [5.74, 6) is 1.86. The van der Waals surface area contributed by atoms with E-state index < -0.39 is 5.60 Å². The zero-order valence-electron chi connectivity index (χ0n) is 17.6. The van der Waals surface area contributed by atoms with Crippen LogP contribution in [0.5, 0.6) is 5.75 Å². The molecule has 2 heterocycles. The van der Waals surface area contributed by atoms with Gasteiger partial charge in [0, 0.05) is 26.2 Å². The Balaban J connectivity index is 1.48. The van der Waals surface area contributed by atoms with Gasteiger partial charge in [0.2, 0.25) is 0 Å². The van der Waals surface area contributed by atoms with Crippen LogP contribution >= 0.6 is 0 Å². The fourth-order valence-corrected chi connectivity index (χ4v) is 3.56. The zero-order chi connectivity index (χ0) is 20.3. The van der Waals surface area contributed by atoms with Crippen molar-refractivity contribution in [2.24, 2.45) is 4.99 Å². The lowest BCUT2D eigenvalue weighted by molar-refractivity contribution is 0.0137. The summed E-state index contributed by atoms with van der Waals surface area (Å²) in [6, 6.07) is 6.55. The van der Waals surface area contributed by atoms with Gasteiger partial charge in [-0.25, -0.2) is 4.79 Å². The van der Waals surface area contributed by atoms with E-state index in [2.05, 4.69) is 33.4 Å². The molecular formula is C21H32N4O3. The lowest BCUT2D eigenvalue weighted by atomic mass is 10.1. The minimum absolute atomic E-state index is 0.225. The van der Waals surface area contributed by atoms with Gasteiger partial charge < -0.3 is 24.6 Å². The third-order valence-corrected chi connectivity index (χ3v) is 5.03. The number of methoxy groups -OCH3 is 1. The lowest BCUT2D eigenvalue weighted by Gasteiger charge is -2.39. The van der Waals surface area contributed by atoms with Crippen LogP contribution in [0.2, 0.25) is 0 Å². The van der Waals surface area contributed by atoms with Crippen molar-refractivity contribution in [1.29, 1.82) is 0 Å². The Labute approximate surface area is 167 Å². The van der Waals surface area contributed by atoms with E-state index in [-0.39, 0.29) is 12.1 Å². The molecule has 2 aliphatic heterocycles. The quantitative estimate of drug-likeness (QED) is 0.858. The molecule has 7 heteroatoms. The van der Waals surface area contributed by atoms with E-state index in [1.54, 1.807) is 12.0 Å². The predicted molar refractivity (Wildman–Crippen MR) is 110 cm³/mol. The van der Waals surface area contributed by atoms with Crippen LogP contribution in [0.15, 0.2) is 23.2 Å². The molecule has 1 amide bonds. The van der Waals surface area contributed by atoms with Gasteiger partial charge in [0.05, 0.1) is 19.7 Å². The molecule has 1 aromatic carbocycles. The number of fused-ring (bicyclic) bond motifs is 1. The Kier molecular flexibility index (Phi) is 6.01. The van der Waals surface area contributed by atoms with Crippen LogP contribution in [0.1, 0.15) is 31.9 Å². The van der Waals surface area contributed by atoms with Crippen molar-refractivity contribution in [2.45, 2.75) is 45.8 Å². The molecule has 2 aliphatic rings. The highest BCUT2D eigenvalue weighted by Crippen LogP contribution is 2.20. The number of carbonyl (C=O) groups excluding carboxylic acids is 1.